The van der Waals surface area contributed by atoms with Gasteiger partial charge in [-0.15, -0.1) is 0 Å². The Morgan fingerprint density at radius 3 is 2.29 bits per heavy atom. The van der Waals surface area contributed by atoms with Gasteiger partial charge in [0.25, 0.3) is 5.56 Å². The minimum absolute atomic E-state index is 0. The molecular formula is C33H33KN4O4. The normalized spacial score (nSPS) is 12.6. The van der Waals surface area contributed by atoms with E-state index in [4.69, 9.17) is 14.2 Å². The average molecular weight is 589 g/mol. The van der Waals surface area contributed by atoms with Crippen molar-refractivity contribution in [3.63, 3.8) is 0 Å². The summed E-state index contributed by atoms with van der Waals surface area (Å²) in [5.41, 5.74) is 5.78. The number of aryl methyl sites for hydroxylation is 2. The summed E-state index contributed by atoms with van der Waals surface area (Å²) in [7, 11) is 0. The van der Waals surface area contributed by atoms with Gasteiger partial charge in [0.1, 0.15) is 11.6 Å². The Morgan fingerprint density at radius 1 is 0.952 bits per heavy atom. The third-order valence-corrected chi connectivity index (χ3v) is 7.46. The minimum atomic E-state index is -0.595. The van der Waals surface area contributed by atoms with E-state index in [2.05, 4.69) is 17.1 Å². The summed E-state index contributed by atoms with van der Waals surface area (Å²) in [4.78, 5) is 33.0. The molecule has 1 aliphatic rings. The van der Waals surface area contributed by atoms with E-state index in [1.54, 1.807) is 4.57 Å². The van der Waals surface area contributed by atoms with Crippen LogP contribution in [0.1, 0.15) is 43.3 Å². The molecule has 2 aromatic heterocycles. The number of nitrogens with one attached hydrogen (secondary N) is 1. The van der Waals surface area contributed by atoms with Crippen LogP contribution in [0.2, 0.25) is 0 Å². The van der Waals surface area contributed by atoms with E-state index in [9.17, 15) is 9.59 Å². The van der Waals surface area contributed by atoms with E-state index in [1.807, 2.05) is 79.7 Å². The molecule has 0 unspecified atom stereocenters. The van der Waals surface area contributed by atoms with E-state index in [-0.39, 0.29) is 56.9 Å². The summed E-state index contributed by atoms with van der Waals surface area (Å²) < 4.78 is 12.4. The first-order valence-electron chi connectivity index (χ1n) is 14.1. The molecule has 6 rings (SSSR count). The van der Waals surface area contributed by atoms with Crippen LogP contribution >= 0.6 is 0 Å². The maximum atomic E-state index is 13.9. The Bertz CT molecular complexity index is 1790. The topological polar surface area (TPSA) is 103 Å². The van der Waals surface area contributed by atoms with Crippen LogP contribution in [0.3, 0.4) is 0 Å². The van der Waals surface area contributed by atoms with Crippen molar-refractivity contribution >= 4 is 51.4 Å². The number of benzene rings is 3. The number of aromatic nitrogens is 4. The molecule has 0 aliphatic heterocycles. The molecule has 42 heavy (non-hydrogen) atoms. The van der Waals surface area contributed by atoms with Crippen molar-refractivity contribution in [3.05, 3.63) is 111 Å². The summed E-state index contributed by atoms with van der Waals surface area (Å²) in [6.07, 6.45) is 4.09. The van der Waals surface area contributed by atoms with Gasteiger partial charge < -0.3 is 4.74 Å². The summed E-state index contributed by atoms with van der Waals surface area (Å²) in [6.45, 7) is 5.17. The molecule has 0 radical (unpaired) electrons. The fraction of sp³-hybridized carbons (Fsp3) is 0.273. The Labute approximate surface area is 286 Å². The summed E-state index contributed by atoms with van der Waals surface area (Å²) in [5, 5.41) is 3.85. The number of aromatic amines is 1. The zero-order valence-corrected chi connectivity index (χ0v) is 23.2. The number of rotatable bonds is 10. The van der Waals surface area contributed by atoms with Crippen LogP contribution in [-0.4, -0.2) is 77.7 Å². The predicted molar refractivity (Wildman–Crippen MR) is 165 cm³/mol. The number of ether oxygens (including phenoxy) is 1. The first-order chi connectivity index (χ1) is 20.0. The van der Waals surface area contributed by atoms with Crippen LogP contribution in [0, 0.1) is 12.8 Å². The third kappa shape index (κ3) is 6.76. The van der Waals surface area contributed by atoms with Gasteiger partial charge in [-0.2, -0.15) is 0 Å². The fourth-order valence-electron chi connectivity index (χ4n) is 5.10. The van der Waals surface area contributed by atoms with Crippen molar-refractivity contribution in [1.82, 2.24) is 19.7 Å². The fourth-order valence-corrected chi connectivity index (χ4v) is 5.10. The van der Waals surface area contributed by atoms with Gasteiger partial charge in [-0.05, 0) is 66.5 Å². The number of H-pyrrole nitrogens is 1. The van der Waals surface area contributed by atoms with Gasteiger partial charge in [-0.25, -0.2) is 9.78 Å². The molecule has 0 saturated heterocycles. The molecule has 9 heteroatoms. The Kier molecular flexibility index (Phi) is 9.75. The van der Waals surface area contributed by atoms with E-state index in [0.717, 1.165) is 58.1 Å². The first kappa shape index (κ1) is 30.4. The van der Waals surface area contributed by atoms with Crippen molar-refractivity contribution in [1.29, 1.82) is 0 Å². The van der Waals surface area contributed by atoms with Crippen LogP contribution in [0.15, 0.2) is 86.9 Å². The number of hydrogen-bond acceptors (Lipinski definition) is 6. The van der Waals surface area contributed by atoms with Crippen LogP contribution in [0.25, 0.3) is 33.6 Å². The van der Waals surface area contributed by atoms with Crippen LogP contribution in [0.5, 0.6) is 5.75 Å². The molecule has 210 valence electrons. The molecule has 1 saturated carbocycles. The molecule has 1 N–H and O–H groups in total. The van der Waals surface area contributed by atoms with E-state index < -0.39 is 5.76 Å². The third-order valence-electron chi connectivity index (χ3n) is 7.46. The van der Waals surface area contributed by atoms with Crippen molar-refractivity contribution < 1.29 is 9.26 Å². The Balaban J connectivity index is 0.00000353. The standard InChI is InChI=1S/C33H32N4O4.K.H/c1-3-6-29-34-21(2)30(25-15-17-26(18-16-25)40-20-23-9-10-23)32(38)37(29)19-22-11-13-24(14-12-22)27-7-4-5-8-28(27)31-35-33(39)41-36-31;;/h4-5,7-8,11-18,23H,3,6,9-10,19-20H2,1-2H3,(H,35,36,39);;. The van der Waals surface area contributed by atoms with Crippen LogP contribution in [0.4, 0.5) is 0 Å². The molecule has 3 aromatic carbocycles. The van der Waals surface area contributed by atoms with Gasteiger partial charge in [0, 0.05) is 12.0 Å². The first-order valence-corrected chi connectivity index (χ1v) is 14.1. The van der Waals surface area contributed by atoms with Crippen LogP contribution in [-0.2, 0) is 13.0 Å². The monoisotopic (exact) mass is 588 g/mol. The van der Waals surface area contributed by atoms with Crippen molar-refractivity contribution in [3.8, 4) is 39.4 Å². The molecule has 0 atom stereocenters. The molecular weight excluding hydrogens is 555 g/mol. The van der Waals surface area contributed by atoms with Crippen molar-refractivity contribution in [2.45, 2.75) is 46.1 Å². The van der Waals surface area contributed by atoms with E-state index >= 15 is 0 Å². The molecule has 0 spiro atoms. The second kappa shape index (κ2) is 13.5. The summed E-state index contributed by atoms with van der Waals surface area (Å²) in [5.74, 6) is 2.08. The number of nitrogens with zero attached hydrogens (tertiary/aromatic N) is 3. The van der Waals surface area contributed by atoms with Gasteiger partial charge in [-0.1, -0.05) is 72.7 Å². The quantitative estimate of drug-likeness (QED) is 0.220. The molecule has 1 aliphatic carbocycles. The van der Waals surface area contributed by atoms with Gasteiger partial charge >= 0.3 is 57.1 Å². The van der Waals surface area contributed by atoms with Crippen LogP contribution < -0.4 is 16.1 Å². The zero-order chi connectivity index (χ0) is 28.3. The second-order valence-electron chi connectivity index (χ2n) is 10.6. The Hall–Kier alpha value is -3.08. The molecule has 1 fully saturated rings. The average Bonchev–Trinajstić information content (AvgIpc) is 3.72. The maximum absolute atomic E-state index is 13.9. The van der Waals surface area contributed by atoms with E-state index in [1.165, 1.54) is 12.8 Å². The second-order valence-corrected chi connectivity index (χ2v) is 10.6. The molecule has 0 bridgehead atoms. The zero-order valence-electron chi connectivity index (χ0n) is 23.2. The predicted octanol–water partition coefficient (Wildman–Crippen LogP) is 5.37. The SMILES string of the molecule is CCCc1nc(C)c(-c2ccc(OCC3CC3)cc2)c(=O)n1Cc1ccc(-c2ccccc2-c2noc(=O)[nH]2)cc1.[KH]. The van der Waals surface area contributed by atoms with Crippen molar-refractivity contribution in [2.75, 3.05) is 6.61 Å². The molecule has 5 aromatic rings. The molecule has 2 heterocycles. The van der Waals surface area contributed by atoms with Gasteiger partial charge in [0.05, 0.1) is 24.4 Å². The Morgan fingerprint density at radius 2 is 1.64 bits per heavy atom. The van der Waals surface area contributed by atoms with Gasteiger partial charge in [0.2, 0.25) is 0 Å². The van der Waals surface area contributed by atoms with Crippen molar-refractivity contribution in [2.24, 2.45) is 5.92 Å². The van der Waals surface area contributed by atoms with Gasteiger partial charge in [-0.3, -0.25) is 18.9 Å². The molecule has 8 nitrogen and oxygen atoms in total. The summed E-state index contributed by atoms with van der Waals surface area (Å²) >= 11 is 0. The summed E-state index contributed by atoms with van der Waals surface area (Å²) in [6, 6.07) is 23.5. The number of hydrogen-bond donors (Lipinski definition) is 1. The van der Waals surface area contributed by atoms with E-state index in [0.29, 0.717) is 30.3 Å². The van der Waals surface area contributed by atoms with Gasteiger partial charge in [0.15, 0.2) is 5.82 Å². The molecule has 0 amide bonds.